The van der Waals surface area contributed by atoms with Crippen molar-refractivity contribution in [2.75, 3.05) is 19.8 Å². The van der Waals surface area contributed by atoms with E-state index in [4.69, 9.17) is 4.74 Å². The third kappa shape index (κ3) is 3.72. The van der Waals surface area contributed by atoms with E-state index in [-0.39, 0.29) is 0 Å². The third-order valence-electron chi connectivity index (χ3n) is 5.85. The van der Waals surface area contributed by atoms with E-state index in [1.54, 1.807) is 0 Å². The van der Waals surface area contributed by atoms with E-state index in [0.29, 0.717) is 0 Å². The summed E-state index contributed by atoms with van der Waals surface area (Å²) in [6.45, 7) is 5.71. The van der Waals surface area contributed by atoms with Gasteiger partial charge in [-0.05, 0) is 68.7 Å². The summed E-state index contributed by atoms with van der Waals surface area (Å²) < 4.78 is 5.57. The first-order valence-electron chi connectivity index (χ1n) is 8.68. The summed E-state index contributed by atoms with van der Waals surface area (Å²) in [4.78, 5) is 0. The van der Waals surface area contributed by atoms with Crippen LogP contribution in [0.2, 0.25) is 0 Å². The molecule has 2 nitrogen and oxygen atoms in total. The number of hydrogen-bond donors (Lipinski definition) is 1. The second-order valence-corrected chi connectivity index (χ2v) is 7.14. The molecule has 0 aromatic heterocycles. The second-order valence-electron chi connectivity index (χ2n) is 7.14. The topological polar surface area (TPSA) is 21.3 Å². The lowest BCUT2D eigenvalue weighted by atomic mass is 9.66. The predicted molar refractivity (Wildman–Crippen MR) is 79.2 cm³/mol. The first kappa shape index (κ1) is 13.9. The molecular formula is C17H31NO. The highest BCUT2D eigenvalue weighted by molar-refractivity contribution is 4.89. The molecule has 0 spiro atoms. The third-order valence-corrected chi connectivity index (χ3v) is 5.85. The quantitative estimate of drug-likeness (QED) is 0.820. The summed E-state index contributed by atoms with van der Waals surface area (Å²) in [7, 11) is 0. The van der Waals surface area contributed by atoms with Gasteiger partial charge >= 0.3 is 0 Å². The highest BCUT2D eigenvalue weighted by Crippen LogP contribution is 2.42. The highest BCUT2D eigenvalue weighted by Gasteiger charge is 2.36. The molecule has 1 heterocycles. The van der Waals surface area contributed by atoms with Gasteiger partial charge in [-0.1, -0.05) is 19.8 Å². The average molecular weight is 265 g/mol. The first-order valence-corrected chi connectivity index (χ1v) is 8.68. The Labute approximate surface area is 118 Å². The molecule has 2 aliphatic carbocycles. The molecule has 0 aromatic carbocycles. The van der Waals surface area contributed by atoms with Crippen LogP contribution in [0.5, 0.6) is 0 Å². The van der Waals surface area contributed by atoms with Gasteiger partial charge in [-0.2, -0.15) is 0 Å². The summed E-state index contributed by atoms with van der Waals surface area (Å²) in [5.41, 5.74) is 0. The molecule has 19 heavy (non-hydrogen) atoms. The molecular weight excluding hydrogens is 234 g/mol. The van der Waals surface area contributed by atoms with Crippen LogP contribution in [0.15, 0.2) is 0 Å². The Bertz CT molecular complexity index is 270. The van der Waals surface area contributed by atoms with Crippen LogP contribution in [-0.4, -0.2) is 25.8 Å². The Morgan fingerprint density at radius 3 is 2.47 bits per heavy atom. The fraction of sp³-hybridized carbons (Fsp3) is 1.00. The number of nitrogens with one attached hydrogen (secondary N) is 1. The van der Waals surface area contributed by atoms with Crippen molar-refractivity contribution in [1.29, 1.82) is 0 Å². The van der Waals surface area contributed by atoms with Crippen molar-refractivity contribution in [2.24, 2.45) is 23.7 Å². The standard InChI is InChI=1S/C17H31NO/c1-2-13-3-4-15(12-18-16-5-6-16)17(11-13)14-7-9-19-10-8-14/h13-18H,2-12H2,1H3. The van der Waals surface area contributed by atoms with E-state index in [9.17, 15) is 0 Å². The fourth-order valence-corrected chi connectivity index (χ4v) is 4.31. The highest BCUT2D eigenvalue weighted by atomic mass is 16.5. The summed E-state index contributed by atoms with van der Waals surface area (Å²) in [5.74, 6) is 3.89. The minimum absolute atomic E-state index is 0.874. The molecule has 0 radical (unpaired) electrons. The van der Waals surface area contributed by atoms with Crippen LogP contribution in [0.3, 0.4) is 0 Å². The molecule has 3 atom stereocenters. The van der Waals surface area contributed by atoms with Crippen molar-refractivity contribution in [1.82, 2.24) is 5.32 Å². The molecule has 1 saturated heterocycles. The van der Waals surface area contributed by atoms with Crippen molar-refractivity contribution in [2.45, 2.75) is 64.3 Å². The van der Waals surface area contributed by atoms with Crippen LogP contribution < -0.4 is 5.32 Å². The number of hydrogen-bond acceptors (Lipinski definition) is 2. The van der Waals surface area contributed by atoms with E-state index in [1.165, 1.54) is 57.9 Å². The Morgan fingerprint density at radius 2 is 1.79 bits per heavy atom. The summed E-state index contributed by atoms with van der Waals surface area (Å²) in [5, 5.41) is 3.80. The maximum absolute atomic E-state index is 5.57. The minimum Gasteiger partial charge on any atom is -0.381 e. The Kier molecular flexibility index (Phi) is 4.81. The van der Waals surface area contributed by atoms with E-state index < -0.39 is 0 Å². The van der Waals surface area contributed by atoms with Gasteiger partial charge in [-0.25, -0.2) is 0 Å². The maximum atomic E-state index is 5.57. The molecule has 3 fully saturated rings. The van der Waals surface area contributed by atoms with Gasteiger partial charge < -0.3 is 10.1 Å². The normalized spacial score (nSPS) is 37.4. The van der Waals surface area contributed by atoms with Gasteiger partial charge in [0.05, 0.1) is 0 Å². The SMILES string of the molecule is CCC1CCC(CNC2CC2)C(C2CCOCC2)C1. The Hall–Kier alpha value is -0.0800. The van der Waals surface area contributed by atoms with Crippen LogP contribution in [-0.2, 0) is 4.74 Å². The van der Waals surface area contributed by atoms with Crippen LogP contribution in [0.1, 0.15) is 58.3 Å². The monoisotopic (exact) mass is 265 g/mol. The largest absolute Gasteiger partial charge is 0.381 e. The van der Waals surface area contributed by atoms with Gasteiger partial charge in [-0.15, -0.1) is 0 Å². The lowest BCUT2D eigenvalue weighted by Gasteiger charge is -2.42. The number of ether oxygens (including phenoxy) is 1. The lowest BCUT2D eigenvalue weighted by Crippen LogP contribution is -2.39. The summed E-state index contributed by atoms with van der Waals surface area (Å²) in [6, 6.07) is 0.874. The van der Waals surface area contributed by atoms with Crippen molar-refractivity contribution < 1.29 is 4.74 Å². The van der Waals surface area contributed by atoms with E-state index >= 15 is 0 Å². The molecule has 3 rings (SSSR count). The van der Waals surface area contributed by atoms with Gasteiger partial charge in [0, 0.05) is 19.3 Å². The fourth-order valence-electron chi connectivity index (χ4n) is 4.31. The van der Waals surface area contributed by atoms with Crippen LogP contribution >= 0.6 is 0 Å². The Morgan fingerprint density at radius 1 is 1.00 bits per heavy atom. The van der Waals surface area contributed by atoms with Crippen molar-refractivity contribution in [3.63, 3.8) is 0 Å². The van der Waals surface area contributed by atoms with Crippen molar-refractivity contribution in [3.8, 4) is 0 Å². The zero-order valence-electron chi connectivity index (χ0n) is 12.6. The van der Waals surface area contributed by atoms with Gasteiger partial charge in [0.25, 0.3) is 0 Å². The number of rotatable bonds is 5. The smallest absolute Gasteiger partial charge is 0.0468 e. The lowest BCUT2D eigenvalue weighted by molar-refractivity contribution is 0.0139. The predicted octanol–water partition coefficient (Wildman–Crippen LogP) is 3.61. The molecule has 3 aliphatic rings. The summed E-state index contributed by atoms with van der Waals surface area (Å²) in [6.07, 6.45) is 11.3. The zero-order chi connectivity index (χ0) is 13.1. The van der Waals surface area contributed by atoms with Crippen molar-refractivity contribution >= 4 is 0 Å². The first-order chi connectivity index (χ1) is 9.36. The molecule has 1 aliphatic heterocycles. The van der Waals surface area contributed by atoms with Gasteiger partial charge in [0.1, 0.15) is 0 Å². The minimum atomic E-state index is 0.874. The molecule has 2 saturated carbocycles. The van der Waals surface area contributed by atoms with Crippen LogP contribution in [0, 0.1) is 23.7 Å². The molecule has 0 aromatic rings. The molecule has 0 bridgehead atoms. The van der Waals surface area contributed by atoms with Gasteiger partial charge in [0.2, 0.25) is 0 Å². The van der Waals surface area contributed by atoms with Gasteiger partial charge in [0.15, 0.2) is 0 Å². The second kappa shape index (κ2) is 6.58. The maximum Gasteiger partial charge on any atom is 0.0468 e. The van der Waals surface area contributed by atoms with E-state index in [0.717, 1.165) is 42.9 Å². The van der Waals surface area contributed by atoms with Crippen LogP contribution in [0.25, 0.3) is 0 Å². The average Bonchev–Trinajstić information content (AvgIpc) is 3.30. The van der Waals surface area contributed by atoms with E-state index in [2.05, 4.69) is 12.2 Å². The molecule has 1 N–H and O–H groups in total. The summed E-state index contributed by atoms with van der Waals surface area (Å²) >= 11 is 0. The van der Waals surface area contributed by atoms with E-state index in [1.807, 2.05) is 0 Å². The van der Waals surface area contributed by atoms with Gasteiger partial charge in [-0.3, -0.25) is 0 Å². The molecule has 0 amide bonds. The van der Waals surface area contributed by atoms with Crippen LogP contribution in [0.4, 0.5) is 0 Å². The molecule has 2 heteroatoms. The molecule has 3 unspecified atom stereocenters. The Balaban J connectivity index is 1.57. The van der Waals surface area contributed by atoms with Crippen molar-refractivity contribution in [3.05, 3.63) is 0 Å². The zero-order valence-corrected chi connectivity index (χ0v) is 12.6. The molecule has 110 valence electrons.